The summed E-state index contributed by atoms with van der Waals surface area (Å²) in [4.78, 5) is 0. The molecule has 0 saturated heterocycles. The molecule has 0 heterocycles. The molecule has 0 fully saturated rings. The van der Waals surface area contributed by atoms with Gasteiger partial charge in [-0.2, -0.15) is 0 Å². The Hall–Kier alpha value is -0.820. The summed E-state index contributed by atoms with van der Waals surface area (Å²) in [6, 6.07) is 0. The Morgan fingerprint density at radius 3 is 2.75 bits per heavy atom. The maximum Gasteiger partial charge on any atom is 0.0639 e. The van der Waals surface area contributed by atoms with Gasteiger partial charge in [0.15, 0.2) is 0 Å². The van der Waals surface area contributed by atoms with Gasteiger partial charge in [0.25, 0.3) is 0 Å². The Balaban J connectivity index is 2.38. The highest BCUT2D eigenvalue weighted by Gasteiger charge is 2.10. The van der Waals surface area contributed by atoms with Crippen LogP contribution in [-0.4, -0.2) is 11.7 Å². The lowest BCUT2D eigenvalue weighted by Gasteiger charge is -2.18. The van der Waals surface area contributed by atoms with E-state index in [9.17, 15) is 0 Å². The minimum atomic E-state index is 0.193. The Morgan fingerprint density at radius 1 is 1.44 bits per heavy atom. The zero-order chi connectivity index (χ0) is 12.0. The Labute approximate surface area is 99.6 Å². The molecule has 0 bridgehead atoms. The number of rotatable bonds is 5. The lowest BCUT2D eigenvalue weighted by molar-refractivity contribution is 0.330. The van der Waals surface area contributed by atoms with Gasteiger partial charge in [-0.05, 0) is 45.4 Å². The second-order valence-electron chi connectivity index (χ2n) is 4.94. The van der Waals surface area contributed by atoms with Crippen molar-refractivity contribution in [3.63, 3.8) is 0 Å². The second-order valence-corrected chi connectivity index (χ2v) is 4.94. The highest BCUT2D eigenvalue weighted by atomic mass is 16.3. The largest absolute Gasteiger partial charge is 0.392 e. The van der Waals surface area contributed by atoms with Gasteiger partial charge < -0.3 is 5.11 Å². The average molecular weight is 220 g/mol. The van der Waals surface area contributed by atoms with E-state index in [0.29, 0.717) is 5.92 Å². The molecule has 16 heavy (non-hydrogen) atoms. The molecule has 1 rings (SSSR count). The van der Waals surface area contributed by atoms with Crippen molar-refractivity contribution < 1.29 is 5.11 Å². The number of hydrogen-bond donors (Lipinski definition) is 1. The fourth-order valence-corrected chi connectivity index (χ4v) is 2.00. The van der Waals surface area contributed by atoms with E-state index < -0.39 is 0 Å². The van der Waals surface area contributed by atoms with Crippen molar-refractivity contribution in [1.82, 2.24) is 0 Å². The third-order valence-corrected chi connectivity index (χ3v) is 3.36. The third-order valence-electron chi connectivity index (χ3n) is 3.36. The molecule has 0 aromatic rings. The van der Waals surface area contributed by atoms with Crippen LogP contribution in [0.3, 0.4) is 0 Å². The van der Waals surface area contributed by atoms with Gasteiger partial charge in [-0.3, -0.25) is 0 Å². The smallest absolute Gasteiger partial charge is 0.0639 e. The maximum absolute atomic E-state index is 8.89. The van der Waals surface area contributed by atoms with E-state index in [1.807, 2.05) is 6.92 Å². The monoisotopic (exact) mass is 220 g/mol. The van der Waals surface area contributed by atoms with Crippen LogP contribution < -0.4 is 0 Å². The van der Waals surface area contributed by atoms with Gasteiger partial charge in [-0.25, -0.2) is 0 Å². The summed E-state index contributed by atoms with van der Waals surface area (Å²) in [6.07, 6.45) is 11.4. The van der Waals surface area contributed by atoms with Gasteiger partial charge in [0, 0.05) is 0 Å². The maximum atomic E-state index is 8.89. The van der Waals surface area contributed by atoms with Crippen molar-refractivity contribution >= 4 is 0 Å². The van der Waals surface area contributed by atoms with Crippen molar-refractivity contribution in [3.05, 3.63) is 34.9 Å². The molecule has 1 atom stereocenters. The fourth-order valence-electron chi connectivity index (χ4n) is 2.00. The molecule has 0 aromatic heterocycles. The Kier molecular flexibility index (Phi) is 5.54. The second kappa shape index (κ2) is 6.70. The summed E-state index contributed by atoms with van der Waals surface area (Å²) in [5.74, 6) is 0.673. The molecule has 90 valence electrons. The molecule has 0 spiro atoms. The van der Waals surface area contributed by atoms with Gasteiger partial charge >= 0.3 is 0 Å². The summed E-state index contributed by atoms with van der Waals surface area (Å²) in [6.45, 7) is 6.68. The predicted octanol–water partition coefficient (Wildman–Crippen LogP) is 4.01. The number of aliphatic hydroxyl groups is 1. The van der Waals surface area contributed by atoms with Crippen molar-refractivity contribution in [2.45, 2.75) is 46.5 Å². The minimum absolute atomic E-state index is 0.193. The molecule has 1 N–H and O–H groups in total. The molecule has 1 unspecified atom stereocenters. The topological polar surface area (TPSA) is 20.2 Å². The van der Waals surface area contributed by atoms with Crippen molar-refractivity contribution in [2.75, 3.05) is 6.61 Å². The third kappa shape index (κ3) is 4.36. The van der Waals surface area contributed by atoms with Crippen molar-refractivity contribution in [2.24, 2.45) is 5.92 Å². The Bertz CT molecular complexity index is 307. The van der Waals surface area contributed by atoms with E-state index in [1.165, 1.54) is 24.8 Å². The molecule has 0 aromatic carbocycles. The summed E-state index contributed by atoms with van der Waals surface area (Å²) in [7, 11) is 0. The van der Waals surface area contributed by atoms with E-state index in [4.69, 9.17) is 5.11 Å². The van der Waals surface area contributed by atoms with E-state index in [2.05, 4.69) is 32.1 Å². The summed E-state index contributed by atoms with van der Waals surface area (Å²) >= 11 is 0. The number of allylic oxidation sites excluding steroid dienone is 5. The first-order valence-electron chi connectivity index (χ1n) is 6.26. The average Bonchev–Trinajstić information content (AvgIpc) is 2.29. The first-order chi connectivity index (χ1) is 7.63. The van der Waals surface area contributed by atoms with Crippen LogP contribution in [0.25, 0.3) is 0 Å². The summed E-state index contributed by atoms with van der Waals surface area (Å²) in [5.41, 5.74) is 4.16. The molecule has 1 nitrogen and oxygen atoms in total. The van der Waals surface area contributed by atoms with Gasteiger partial charge in [-0.1, -0.05) is 41.9 Å². The van der Waals surface area contributed by atoms with Crippen molar-refractivity contribution in [3.8, 4) is 0 Å². The quantitative estimate of drug-likeness (QED) is 0.694. The van der Waals surface area contributed by atoms with Crippen LogP contribution in [0, 0.1) is 5.92 Å². The molecule has 1 heteroatoms. The first-order valence-corrected chi connectivity index (χ1v) is 6.26. The van der Waals surface area contributed by atoms with E-state index in [0.717, 1.165) is 12.0 Å². The zero-order valence-corrected chi connectivity index (χ0v) is 10.8. The van der Waals surface area contributed by atoms with Gasteiger partial charge in [-0.15, -0.1) is 0 Å². The van der Waals surface area contributed by atoms with Gasteiger partial charge in [0.1, 0.15) is 0 Å². The van der Waals surface area contributed by atoms with Crippen LogP contribution in [0.1, 0.15) is 46.5 Å². The standard InChI is InChI=1S/C15H24O/c1-12-7-9-15(10-8-12)14(3)6-4-5-13(2)11-16/h5,7,9,14,16H,4,6,8,10-11H2,1-3H3/b13-5-. The van der Waals surface area contributed by atoms with Crippen LogP contribution in [-0.2, 0) is 0 Å². The lowest BCUT2D eigenvalue weighted by Crippen LogP contribution is -2.02. The zero-order valence-electron chi connectivity index (χ0n) is 10.8. The normalized spacial score (nSPS) is 19.1. The van der Waals surface area contributed by atoms with E-state index in [-0.39, 0.29) is 6.61 Å². The summed E-state index contributed by atoms with van der Waals surface area (Å²) in [5, 5.41) is 8.89. The molecule has 0 amide bonds. The molecule has 0 radical (unpaired) electrons. The Morgan fingerprint density at radius 2 is 2.19 bits per heavy atom. The summed E-state index contributed by atoms with van der Waals surface area (Å²) < 4.78 is 0. The molecule has 0 saturated carbocycles. The first kappa shape index (κ1) is 13.2. The van der Waals surface area contributed by atoms with Crippen LogP contribution in [0.5, 0.6) is 0 Å². The highest BCUT2D eigenvalue weighted by molar-refractivity contribution is 5.24. The van der Waals surface area contributed by atoms with Crippen molar-refractivity contribution in [1.29, 1.82) is 0 Å². The van der Waals surface area contributed by atoms with Crippen LogP contribution in [0.4, 0.5) is 0 Å². The predicted molar refractivity (Wildman–Crippen MR) is 70.3 cm³/mol. The highest BCUT2D eigenvalue weighted by Crippen LogP contribution is 2.26. The van der Waals surface area contributed by atoms with E-state index in [1.54, 1.807) is 5.57 Å². The minimum Gasteiger partial charge on any atom is -0.392 e. The fraction of sp³-hybridized carbons (Fsp3) is 0.600. The molecular formula is C15H24O. The van der Waals surface area contributed by atoms with Crippen LogP contribution in [0.2, 0.25) is 0 Å². The number of aliphatic hydroxyl groups excluding tert-OH is 1. The van der Waals surface area contributed by atoms with Gasteiger partial charge in [0.05, 0.1) is 6.61 Å². The van der Waals surface area contributed by atoms with Crippen LogP contribution >= 0.6 is 0 Å². The molecule has 1 aliphatic carbocycles. The SMILES string of the molecule is CC1=CC=C(C(C)CC/C=C(/C)CO)CC1. The molecular weight excluding hydrogens is 196 g/mol. The molecule has 1 aliphatic rings. The van der Waals surface area contributed by atoms with E-state index >= 15 is 0 Å². The van der Waals surface area contributed by atoms with Crippen LogP contribution in [0.15, 0.2) is 34.9 Å². The lowest BCUT2D eigenvalue weighted by atomic mass is 9.88. The van der Waals surface area contributed by atoms with Gasteiger partial charge in [0.2, 0.25) is 0 Å². The molecule has 0 aliphatic heterocycles. The number of hydrogen-bond acceptors (Lipinski definition) is 1.